The SMILES string of the molecule is CCCc1nc(CC)n(-c2ccc(OC3CCC(O)CC3)cc2)c(=O)c1Cc1ccc(-c2ccccc2)c(-c2noc(=O)[nH]2)c1. The third-order valence-electron chi connectivity index (χ3n) is 8.42. The number of aliphatic hydroxyl groups is 1. The molecule has 2 aromatic heterocycles. The average molecular weight is 607 g/mol. The van der Waals surface area contributed by atoms with Gasteiger partial charge < -0.3 is 9.84 Å². The molecule has 0 amide bonds. The molecule has 9 heteroatoms. The number of nitrogens with one attached hydrogen (secondary N) is 1. The first-order valence-electron chi connectivity index (χ1n) is 15.8. The van der Waals surface area contributed by atoms with Crippen LogP contribution >= 0.6 is 0 Å². The highest BCUT2D eigenvalue weighted by atomic mass is 16.5. The van der Waals surface area contributed by atoms with Crippen LogP contribution in [0.2, 0.25) is 0 Å². The zero-order valence-corrected chi connectivity index (χ0v) is 25.7. The van der Waals surface area contributed by atoms with E-state index >= 15 is 0 Å². The molecule has 232 valence electrons. The molecule has 9 nitrogen and oxygen atoms in total. The molecule has 5 aromatic rings. The normalized spacial score (nSPS) is 16.5. The summed E-state index contributed by atoms with van der Waals surface area (Å²) in [5.41, 5.74) is 5.55. The largest absolute Gasteiger partial charge is 0.490 e. The van der Waals surface area contributed by atoms with Crippen molar-refractivity contribution in [1.29, 1.82) is 0 Å². The van der Waals surface area contributed by atoms with Gasteiger partial charge in [-0.3, -0.25) is 18.9 Å². The van der Waals surface area contributed by atoms with E-state index in [2.05, 4.69) is 17.1 Å². The van der Waals surface area contributed by atoms with Gasteiger partial charge in [0.1, 0.15) is 11.6 Å². The van der Waals surface area contributed by atoms with Crippen molar-refractivity contribution in [2.45, 2.75) is 77.4 Å². The van der Waals surface area contributed by atoms with Crippen LogP contribution in [0.5, 0.6) is 5.75 Å². The molecule has 0 radical (unpaired) electrons. The van der Waals surface area contributed by atoms with Crippen LogP contribution in [0.25, 0.3) is 28.2 Å². The van der Waals surface area contributed by atoms with Crippen LogP contribution in [0.3, 0.4) is 0 Å². The number of aryl methyl sites for hydroxylation is 2. The molecule has 45 heavy (non-hydrogen) atoms. The number of hydrogen-bond donors (Lipinski definition) is 2. The Morgan fingerprint density at radius 2 is 1.71 bits per heavy atom. The zero-order chi connectivity index (χ0) is 31.3. The fourth-order valence-electron chi connectivity index (χ4n) is 6.12. The van der Waals surface area contributed by atoms with Crippen molar-refractivity contribution in [3.63, 3.8) is 0 Å². The summed E-state index contributed by atoms with van der Waals surface area (Å²) in [5, 5.41) is 13.8. The second kappa shape index (κ2) is 13.5. The van der Waals surface area contributed by atoms with Crippen LogP contribution in [0.15, 0.2) is 86.9 Å². The molecule has 2 heterocycles. The summed E-state index contributed by atoms with van der Waals surface area (Å²) < 4.78 is 12.7. The Morgan fingerprint density at radius 3 is 2.38 bits per heavy atom. The van der Waals surface area contributed by atoms with Crippen molar-refractivity contribution in [1.82, 2.24) is 19.7 Å². The molecule has 1 fully saturated rings. The van der Waals surface area contributed by atoms with E-state index in [1.807, 2.05) is 79.7 Å². The lowest BCUT2D eigenvalue weighted by Gasteiger charge is -2.26. The van der Waals surface area contributed by atoms with E-state index < -0.39 is 5.76 Å². The molecule has 3 aromatic carbocycles. The van der Waals surface area contributed by atoms with Crippen molar-refractivity contribution in [2.75, 3.05) is 0 Å². The maximum Gasteiger partial charge on any atom is 0.439 e. The number of H-pyrrole nitrogens is 1. The Labute approximate surface area is 261 Å². The lowest BCUT2D eigenvalue weighted by Crippen LogP contribution is -2.29. The van der Waals surface area contributed by atoms with Crippen LogP contribution in [-0.4, -0.2) is 37.0 Å². The lowest BCUT2D eigenvalue weighted by atomic mass is 9.94. The van der Waals surface area contributed by atoms with Gasteiger partial charge >= 0.3 is 5.76 Å². The average Bonchev–Trinajstić information content (AvgIpc) is 3.50. The van der Waals surface area contributed by atoms with E-state index in [1.54, 1.807) is 4.57 Å². The van der Waals surface area contributed by atoms with E-state index in [-0.39, 0.29) is 17.8 Å². The Morgan fingerprint density at radius 1 is 0.956 bits per heavy atom. The second-order valence-electron chi connectivity index (χ2n) is 11.6. The zero-order valence-electron chi connectivity index (χ0n) is 25.7. The van der Waals surface area contributed by atoms with E-state index in [0.717, 1.165) is 65.9 Å². The van der Waals surface area contributed by atoms with Crippen molar-refractivity contribution >= 4 is 0 Å². The molecular formula is C36H38N4O5. The maximum atomic E-state index is 14.3. The van der Waals surface area contributed by atoms with Gasteiger partial charge in [0.25, 0.3) is 5.56 Å². The number of hydrogen-bond acceptors (Lipinski definition) is 7. The minimum Gasteiger partial charge on any atom is -0.490 e. The topological polar surface area (TPSA) is 123 Å². The molecule has 6 rings (SSSR count). The third-order valence-corrected chi connectivity index (χ3v) is 8.42. The molecule has 1 aliphatic rings. The van der Waals surface area contributed by atoms with Gasteiger partial charge in [-0.1, -0.05) is 67.9 Å². The lowest BCUT2D eigenvalue weighted by molar-refractivity contribution is 0.0666. The van der Waals surface area contributed by atoms with Gasteiger partial charge in [-0.05, 0) is 79.1 Å². The number of aliphatic hydroxyl groups excluding tert-OH is 1. The molecular weight excluding hydrogens is 568 g/mol. The van der Waals surface area contributed by atoms with Gasteiger partial charge in [0, 0.05) is 24.0 Å². The molecule has 0 atom stereocenters. The van der Waals surface area contributed by atoms with Crippen LogP contribution < -0.4 is 16.1 Å². The standard InChI is InChI=1S/C36H38N4O5/c1-3-8-32-31(22-23-11-20-29(24-9-6-5-7-10-24)30(21-23)34-38-36(43)45-39-34)35(42)40(33(4-2)37-32)25-12-16-27(17-13-25)44-28-18-14-26(41)15-19-28/h5-7,9-13,16-17,20-21,26,28,41H,3-4,8,14-15,18-19,22H2,1-2H3,(H,38,39,43). The number of nitrogens with zero attached hydrogens (tertiary/aromatic N) is 3. The summed E-state index contributed by atoms with van der Waals surface area (Å²) in [7, 11) is 0. The van der Waals surface area contributed by atoms with Crippen molar-refractivity contribution in [3.05, 3.63) is 116 Å². The number of benzene rings is 3. The van der Waals surface area contributed by atoms with E-state index in [1.165, 1.54) is 0 Å². The first-order valence-corrected chi connectivity index (χ1v) is 15.8. The number of ether oxygens (including phenoxy) is 1. The molecule has 2 N–H and O–H groups in total. The van der Waals surface area contributed by atoms with Gasteiger partial charge in [0.15, 0.2) is 5.82 Å². The Bertz CT molecular complexity index is 1870. The second-order valence-corrected chi connectivity index (χ2v) is 11.6. The van der Waals surface area contributed by atoms with Crippen LogP contribution in [0.1, 0.15) is 68.6 Å². The molecule has 0 saturated heterocycles. The van der Waals surface area contributed by atoms with Crippen LogP contribution in [0, 0.1) is 0 Å². The summed E-state index contributed by atoms with van der Waals surface area (Å²) in [4.78, 5) is 33.9. The summed E-state index contributed by atoms with van der Waals surface area (Å²) in [6, 6.07) is 23.4. The molecule has 0 unspecified atom stereocenters. The number of rotatable bonds is 10. The van der Waals surface area contributed by atoms with Gasteiger partial charge in [0.05, 0.1) is 23.6 Å². The highest BCUT2D eigenvalue weighted by molar-refractivity contribution is 5.81. The molecule has 0 bridgehead atoms. The summed E-state index contributed by atoms with van der Waals surface area (Å²) in [6.45, 7) is 4.10. The minimum absolute atomic E-state index is 0.0861. The van der Waals surface area contributed by atoms with Crippen molar-refractivity contribution in [3.8, 4) is 34.0 Å². The smallest absolute Gasteiger partial charge is 0.439 e. The fourth-order valence-corrected chi connectivity index (χ4v) is 6.12. The van der Waals surface area contributed by atoms with Crippen molar-refractivity contribution in [2.24, 2.45) is 0 Å². The van der Waals surface area contributed by atoms with E-state index in [4.69, 9.17) is 14.2 Å². The predicted octanol–water partition coefficient (Wildman–Crippen LogP) is 6.03. The Balaban J connectivity index is 1.37. The van der Waals surface area contributed by atoms with Crippen molar-refractivity contribution < 1.29 is 14.4 Å². The minimum atomic E-state index is -0.629. The molecule has 1 saturated carbocycles. The third kappa shape index (κ3) is 6.68. The maximum absolute atomic E-state index is 14.3. The fraction of sp³-hybridized carbons (Fsp3) is 0.333. The quantitative estimate of drug-likeness (QED) is 0.199. The summed E-state index contributed by atoms with van der Waals surface area (Å²) in [5.74, 6) is 1.16. The van der Waals surface area contributed by atoms with Crippen LogP contribution in [-0.2, 0) is 19.3 Å². The predicted molar refractivity (Wildman–Crippen MR) is 173 cm³/mol. The summed E-state index contributed by atoms with van der Waals surface area (Å²) >= 11 is 0. The van der Waals surface area contributed by atoms with E-state index in [0.29, 0.717) is 42.0 Å². The van der Waals surface area contributed by atoms with Gasteiger partial charge in [-0.2, -0.15) is 0 Å². The number of aromatic nitrogens is 4. The molecule has 0 spiro atoms. The molecule has 1 aliphatic carbocycles. The highest BCUT2D eigenvalue weighted by Gasteiger charge is 2.22. The highest BCUT2D eigenvalue weighted by Crippen LogP contribution is 2.32. The first kappa shape index (κ1) is 30.3. The summed E-state index contributed by atoms with van der Waals surface area (Å²) in [6.07, 6.45) is 5.53. The van der Waals surface area contributed by atoms with Gasteiger partial charge in [-0.25, -0.2) is 9.78 Å². The van der Waals surface area contributed by atoms with Crippen LogP contribution in [0.4, 0.5) is 0 Å². The van der Waals surface area contributed by atoms with Gasteiger partial charge in [0.2, 0.25) is 0 Å². The monoisotopic (exact) mass is 606 g/mol. The Hall–Kier alpha value is -4.76. The molecule has 0 aliphatic heterocycles. The van der Waals surface area contributed by atoms with E-state index in [9.17, 15) is 14.7 Å². The van der Waals surface area contributed by atoms with Gasteiger partial charge in [-0.15, -0.1) is 0 Å². The number of aromatic amines is 1. The Kier molecular flexibility index (Phi) is 9.07. The first-order chi connectivity index (χ1) is 21.9.